The molecule has 0 unspecified atom stereocenters. The molecule has 6 rings (SSSR count). The minimum Gasteiger partial charge on any atom is -0.462 e. The Labute approximate surface area is 265 Å². The maximum Gasteiger partial charge on any atom is 0.319 e. The van der Waals surface area contributed by atoms with Crippen molar-refractivity contribution in [3.8, 4) is 23.2 Å². The first-order chi connectivity index (χ1) is 21.5. The number of alkyl halides is 1. The third kappa shape index (κ3) is 5.32. The molecule has 0 bridgehead atoms. The largest absolute Gasteiger partial charge is 0.462 e. The number of hydrogen-bond donors (Lipinski definition) is 2. The number of halogens is 4. The summed E-state index contributed by atoms with van der Waals surface area (Å²) in [4.78, 5) is 16.9. The molecule has 1 saturated heterocycles. The lowest BCUT2D eigenvalue weighted by molar-refractivity contribution is 0.188. The van der Waals surface area contributed by atoms with Crippen molar-refractivity contribution in [1.82, 2.24) is 19.9 Å². The third-order valence-corrected chi connectivity index (χ3v) is 9.65. The number of rotatable bonds is 7. The molecule has 0 aliphatic carbocycles. The van der Waals surface area contributed by atoms with E-state index >= 15 is 4.39 Å². The van der Waals surface area contributed by atoms with E-state index < -0.39 is 17.8 Å². The number of pyridine rings is 1. The number of nitrogens with two attached hydrogens (primary N) is 2. The minimum absolute atomic E-state index is 0.0106. The number of nitriles is 1. The van der Waals surface area contributed by atoms with Gasteiger partial charge in [0.25, 0.3) is 0 Å². The predicted molar refractivity (Wildman–Crippen MR) is 171 cm³/mol. The van der Waals surface area contributed by atoms with Gasteiger partial charge in [0.05, 0.1) is 21.3 Å². The predicted octanol–water partition coefficient (Wildman–Crippen LogP) is 6.49. The summed E-state index contributed by atoms with van der Waals surface area (Å²) in [5, 5.41) is 10.3. The molecule has 0 amide bonds. The van der Waals surface area contributed by atoms with Gasteiger partial charge >= 0.3 is 6.01 Å². The van der Waals surface area contributed by atoms with Crippen LogP contribution >= 0.6 is 22.9 Å². The Morgan fingerprint density at radius 2 is 2.04 bits per heavy atom. The van der Waals surface area contributed by atoms with Crippen LogP contribution in [0.2, 0.25) is 5.02 Å². The summed E-state index contributed by atoms with van der Waals surface area (Å²) in [6, 6.07) is 8.95. The SMILES string of the molecule is C[C@H](c1cccnc1N)N(C)c1nc(OC[C@@H]2C[C@@H](F)CN2C)nc2c(F)c(-c3ccc(F)c4sc(N)c(C#N)c34)c(Cl)cc12. The fourth-order valence-corrected chi connectivity index (χ4v) is 7.04. The fraction of sp³-hybridized carbons (Fsp3) is 0.290. The molecule has 4 heterocycles. The first-order valence-electron chi connectivity index (χ1n) is 14.0. The lowest BCUT2D eigenvalue weighted by Gasteiger charge is -2.28. The number of likely N-dealkylation sites (tertiary alicyclic amines) is 1. The van der Waals surface area contributed by atoms with E-state index in [1.165, 1.54) is 18.2 Å². The quantitative estimate of drug-likeness (QED) is 0.202. The number of hydrogen-bond acceptors (Lipinski definition) is 10. The van der Waals surface area contributed by atoms with Crippen molar-refractivity contribution in [2.24, 2.45) is 0 Å². The first kappa shape index (κ1) is 30.6. The standard InChI is InChI=1S/C31H28ClF3N8OS/c1-14(17-5-4-8-39-28(17)37)43(3)30-19-10-21(32)24(18-6-7-22(34)27-23(18)20(11-36)29(38)45-27)25(35)26(19)40-31(41-30)44-13-16-9-15(33)12-42(16)2/h4-8,10,14-16H,9,12-13,38H2,1-3H3,(H2,37,39)/t14-,15-,16+/m1/s1. The Morgan fingerprint density at radius 3 is 2.73 bits per heavy atom. The Morgan fingerprint density at radius 1 is 1.27 bits per heavy atom. The summed E-state index contributed by atoms with van der Waals surface area (Å²) >= 11 is 7.68. The number of likely N-dealkylation sites (N-methyl/N-ethyl adjacent to an activating group) is 1. The van der Waals surface area contributed by atoms with Crippen LogP contribution in [0, 0.1) is 23.0 Å². The molecule has 3 atom stereocenters. The molecular weight excluding hydrogens is 625 g/mol. The van der Waals surface area contributed by atoms with E-state index in [2.05, 4.69) is 15.0 Å². The van der Waals surface area contributed by atoms with Crippen LogP contribution in [-0.2, 0) is 0 Å². The molecule has 3 aromatic heterocycles. The molecular formula is C31H28ClF3N8OS. The second-order valence-electron chi connectivity index (χ2n) is 11.0. The van der Waals surface area contributed by atoms with Gasteiger partial charge in [0, 0.05) is 47.7 Å². The van der Waals surface area contributed by atoms with E-state index in [4.69, 9.17) is 27.8 Å². The molecule has 4 N–H and O–H groups in total. The minimum atomic E-state index is -0.979. The van der Waals surface area contributed by atoms with Crippen molar-refractivity contribution < 1.29 is 17.9 Å². The van der Waals surface area contributed by atoms with Gasteiger partial charge in [0.15, 0.2) is 5.82 Å². The summed E-state index contributed by atoms with van der Waals surface area (Å²) in [6.07, 6.45) is 0.891. The van der Waals surface area contributed by atoms with Crippen LogP contribution in [0.3, 0.4) is 0 Å². The number of thiophene rings is 1. The lowest BCUT2D eigenvalue weighted by Crippen LogP contribution is -2.31. The van der Waals surface area contributed by atoms with Gasteiger partial charge in [-0.15, -0.1) is 11.3 Å². The smallest absolute Gasteiger partial charge is 0.319 e. The molecule has 1 aliphatic heterocycles. The number of fused-ring (bicyclic) bond motifs is 2. The van der Waals surface area contributed by atoms with Crippen LogP contribution in [0.1, 0.15) is 30.5 Å². The second kappa shape index (κ2) is 11.8. The number of nitrogen functional groups attached to an aromatic ring is 2. The van der Waals surface area contributed by atoms with Crippen LogP contribution in [0.25, 0.3) is 32.1 Å². The fourth-order valence-electron chi connectivity index (χ4n) is 5.80. The number of ether oxygens (including phenoxy) is 1. The van der Waals surface area contributed by atoms with Crippen molar-refractivity contribution in [2.45, 2.75) is 31.6 Å². The molecule has 1 aliphatic rings. The van der Waals surface area contributed by atoms with Gasteiger partial charge < -0.3 is 21.1 Å². The van der Waals surface area contributed by atoms with Gasteiger partial charge in [-0.2, -0.15) is 15.2 Å². The van der Waals surface area contributed by atoms with Gasteiger partial charge in [-0.05, 0) is 44.2 Å². The van der Waals surface area contributed by atoms with Gasteiger partial charge in [-0.25, -0.2) is 18.2 Å². The van der Waals surface area contributed by atoms with Gasteiger partial charge in [-0.1, -0.05) is 23.7 Å². The average Bonchev–Trinajstić information content (AvgIpc) is 3.53. The Kier molecular flexibility index (Phi) is 8.07. The van der Waals surface area contributed by atoms with E-state index in [0.717, 1.165) is 11.3 Å². The van der Waals surface area contributed by atoms with E-state index in [1.54, 1.807) is 31.3 Å². The maximum atomic E-state index is 16.8. The number of aromatic nitrogens is 3. The average molecular weight is 653 g/mol. The maximum absolute atomic E-state index is 16.8. The van der Waals surface area contributed by atoms with Crippen LogP contribution in [-0.4, -0.2) is 59.3 Å². The Bertz CT molecular complexity index is 2000. The molecule has 45 heavy (non-hydrogen) atoms. The van der Waals surface area contributed by atoms with Crippen molar-refractivity contribution in [3.63, 3.8) is 0 Å². The van der Waals surface area contributed by atoms with E-state index in [-0.39, 0.29) is 85.4 Å². The summed E-state index contributed by atoms with van der Waals surface area (Å²) < 4.78 is 51.7. The van der Waals surface area contributed by atoms with Gasteiger partial charge in [0.1, 0.15) is 46.8 Å². The zero-order chi connectivity index (χ0) is 32.2. The summed E-state index contributed by atoms with van der Waals surface area (Å²) in [5.41, 5.74) is 12.9. The molecule has 5 aromatic rings. The Balaban J connectivity index is 1.55. The normalized spacial score (nSPS) is 17.6. The summed E-state index contributed by atoms with van der Waals surface area (Å²) in [6.45, 7) is 2.25. The first-order valence-corrected chi connectivity index (χ1v) is 15.2. The molecule has 0 radical (unpaired) electrons. The zero-order valence-corrected chi connectivity index (χ0v) is 26.1. The molecule has 0 saturated carbocycles. The third-order valence-electron chi connectivity index (χ3n) is 8.32. The highest BCUT2D eigenvalue weighted by molar-refractivity contribution is 7.23. The molecule has 1 fully saturated rings. The van der Waals surface area contributed by atoms with Crippen molar-refractivity contribution >= 4 is 60.6 Å². The molecule has 14 heteroatoms. The van der Waals surface area contributed by atoms with Crippen LogP contribution in [0.4, 0.5) is 29.8 Å². The van der Waals surface area contributed by atoms with E-state index in [1.807, 2.05) is 24.0 Å². The summed E-state index contributed by atoms with van der Waals surface area (Å²) in [5.74, 6) is -0.798. The van der Waals surface area contributed by atoms with Crippen LogP contribution in [0.5, 0.6) is 6.01 Å². The number of nitrogens with zero attached hydrogens (tertiary/aromatic N) is 6. The van der Waals surface area contributed by atoms with Gasteiger partial charge in [-0.3, -0.25) is 4.90 Å². The van der Waals surface area contributed by atoms with E-state index in [0.29, 0.717) is 17.2 Å². The summed E-state index contributed by atoms with van der Waals surface area (Å²) in [7, 11) is 3.57. The second-order valence-corrected chi connectivity index (χ2v) is 12.5. The van der Waals surface area contributed by atoms with Crippen LogP contribution < -0.4 is 21.1 Å². The van der Waals surface area contributed by atoms with Gasteiger partial charge in [0.2, 0.25) is 0 Å². The highest BCUT2D eigenvalue weighted by Crippen LogP contribution is 2.46. The van der Waals surface area contributed by atoms with E-state index in [9.17, 15) is 14.0 Å². The molecule has 2 aromatic carbocycles. The topological polar surface area (TPSA) is 130 Å². The Hall–Kier alpha value is -4.38. The lowest BCUT2D eigenvalue weighted by atomic mass is 9.97. The highest BCUT2D eigenvalue weighted by atomic mass is 35.5. The number of anilines is 3. The van der Waals surface area contributed by atoms with Crippen molar-refractivity contribution in [3.05, 3.63) is 64.3 Å². The molecule has 0 spiro atoms. The van der Waals surface area contributed by atoms with Crippen molar-refractivity contribution in [2.75, 3.05) is 43.6 Å². The molecule has 232 valence electrons. The highest BCUT2D eigenvalue weighted by Gasteiger charge is 2.31. The van der Waals surface area contributed by atoms with Crippen molar-refractivity contribution in [1.29, 1.82) is 5.26 Å². The van der Waals surface area contributed by atoms with Crippen LogP contribution in [0.15, 0.2) is 36.5 Å². The zero-order valence-electron chi connectivity index (χ0n) is 24.5. The monoisotopic (exact) mass is 652 g/mol. The number of benzene rings is 2. The molecule has 9 nitrogen and oxygen atoms in total.